The van der Waals surface area contributed by atoms with Crippen LogP contribution in [0.5, 0.6) is 0 Å². The number of rotatable bonds is 5. The SMILES string of the molecule is O=C(NCC1CCCO1)c1ccc(Cn2cncn2)cc1. The van der Waals surface area contributed by atoms with Crippen molar-refractivity contribution in [2.24, 2.45) is 0 Å². The van der Waals surface area contributed by atoms with Crippen LogP contribution >= 0.6 is 0 Å². The predicted molar refractivity (Wildman–Crippen MR) is 76.9 cm³/mol. The van der Waals surface area contributed by atoms with Crippen LogP contribution in [0.1, 0.15) is 28.8 Å². The molecule has 1 fully saturated rings. The first-order chi connectivity index (χ1) is 10.3. The fourth-order valence-corrected chi connectivity index (χ4v) is 2.38. The van der Waals surface area contributed by atoms with Crippen LogP contribution in [0, 0.1) is 0 Å². The summed E-state index contributed by atoms with van der Waals surface area (Å²) in [5.74, 6) is -0.0576. The Kier molecular flexibility index (Phi) is 4.25. The highest BCUT2D eigenvalue weighted by Gasteiger charge is 2.16. The summed E-state index contributed by atoms with van der Waals surface area (Å²) in [4.78, 5) is 15.9. The van der Waals surface area contributed by atoms with E-state index < -0.39 is 0 Å². The van der Waals surface area contributed by atoms with E-state index >= 15 is 0 Å². The van der Waals surface area contributed by atoms with Gasteiger partial charge in [-0.05, 0) is 30.5 Å². The standard InChI is InChI=1S/C15H18N4O2/c20-15(17-8-14-2-1-7-21-14)13-5-3-12(4-6-13)9-19-11-16-10-18-19/h3-6,10-11,14H,1-2,7-9H2,(H,17,20). The van der Waals surface area contributed by atoms with Gasteiger partial charge in [-0.2, -0.15) is 5.10 Å². The Hall–Kier alpha value is -2.21. The zero-order valence-electron chi connectivity index (χ0n) is 11.7. The summed E-state index contributed by atoms with van der Waals surface area (Å²) in [6, 6.07) is 7.53. The second-order valence-corrected chi connectivity index (χ2v) is 5.14. The van der Waals surface area contributed by atoms with Crippen molar-refractivity contribution in [1.82, 2.24) is 20.1 Å². The van der Waals surface area contributed by atoms with Crippen molar-refractivity contribution in [2.75, 3.05) is 13.2 Å². The van der Waals surface area contributed by atoms with Crippen LogP contribution in [-0.2, 0) is 11.3 Å². The minimum absolute atomic E-state index is 0.0576. The number of nitrogens with zero attached hydrogens (tertiary/aromatic N) is 3. The lowest BCUT2D eigenvalue weighted by molar-refractivity contribution is 0.0858. The van der Waals surface area contributed by atoms with E-state index in [9.17, 15) is 4.79 Å². The third-order valence-electron chi connectivity index (χ3n) is 3.54. The minimum Gasteiger partial charge on any atom is -0.376 e. The molecule has 1 saturated heterocycles. The molecule has 110 valence electrons. The third-order valence-corrected chi connectivity index (χ3v) is 3.54. The molecule has 1 unspecified atom stereocenters. The summed E-state index contributed by atoms with van der Waals surface area (Å²) >= 11 is 0. The Morgan fingerprint density at radius 2 is 2.24 bits per heavy atom. The molecule has 6 nitrogen and oxygen atoms in total. The van der Waals surface area contributed by atoms with E-state index in [0.717, 1.165) is 25.0 Å². The molecule has 0 radical (unpaired) electrons. The smallest absolute Gasteiger partial charge is 0.251 e. The monoisotopic (exact) mass is 286 g/mol. The van der Waals surface area contributed by atoms with E-state index in [-0.39, 0.29) is 12.0 Å². The fraction of sp³-hybridized carbons (Fsp3) is 0.400. The molecule has 0 spiro atoms. The maximum absolute atomic E-state index is 12.0. The summed E-state index contributed by atoms with van der Waals surface area (Å²) < 4.78 is 7.23. The first-order valence-electron chi connectivity index (χ1n) is 7.12. The molecular formula is C15H18N4O2. The fourth-order valence-electron chi connectivity index (χ4n) is 2.38. The third kappa shape index (κ3) is 3.66. The molecule has 21 heavy (non-hydrogen) atoms. The molecule has 2 aromatic rings. The van der Waals surface area contributed by atoms with Gasteiger partial charge in [-0.15, -0.1) is 0 Å². The van der Waals surface area contributed by atoms with Gasteiger partial charge in [-0.3, -0.25) is 4.79 Å². The maximum atomic E-state index is 12.0. The molecule has 1 aliphatic rings. The Balaban J connectivity index is 1.54. The molecule has 1 aromatic carbocycles. The van der Waals surface area contributed by atoms with Crippen molar-refractivity contribution in [2.45, 2.75) is 25.5 Å². The Bertz CT molecular complexity index is 574. The normalized spacial score (nSPS) is 17.8. The molecule has 2 heterocycles. The van der Waals surface area contributed by atoms with Crippen molar-refractivity contribution in [3.05, 3.63) is 48.0 Å². The molecule has 1 atom stereocenters. The van der Waals surface area contributed by atoms with Crippen LogP contribution in [0.2, 0.25) is 0 Å². The first kappa shape index (κ1) is 13.8. The number of benzene rings is 1. The maximum Gasteiger partial charge on any atom is 0.251 e. The lowest BCUT2D eigenvalue weighted by Gasteiger charge is -2.11. The van der Waals surface area contributed by atoms with Crippen LogP contribution in [-0.4, -0.2) is 39.9 Å². The van der Waals surface area contributed by atoms with Crippen molar-refractivity contribution < 1.29 is 9.53 Å². The van der Waals surface area contributed by atoms with E-state index in [4.69, 9.17) is 4.74 Å². The number of carbonyl (C=O) groups excluding carboxylic acids is 1. The molecule has 0 saturated carbocycles. The van der Waals surface area contributed by atoms with Gasteiger partial charge in [0.25, 0.3) is 5.91 Å². The van der Waals surface area contributed by atoms with Crippen LogP contribution in [0.4, 0.5) is 0 Å². The first-order valence-corrected chi connectivity index (χ1v) is 7.12. The molecular weight excluding hydrogens is 268 g/mol. The van der Waals surface area contributed by atoms with Crippen LogP contribution in [0.3, 0.4) is 0 Å². The van der Waals surface area contributed by atoms with Crippen molar-refractivity contribution in [1.29, 1.82) is 0 Å². The molecule has 1 amide bonds. The Morgan fingerprint density at radius 3 is 2.90 bits per heavy atom. The summed E-state index contributed by atoms with van der Waals surface area (Å²) in [7, 11) is 0. The number of aromatic nitrogens is 3. The molecule has 0 aliphatic carbocycles. The zero-order valence-corrected chi connectivity index (χ0v) is 11.7. The summed E-state index contributed by atoms with van der Waals surface area (Å²) in [6.45, 7) is 2.04. The van der Waals surface area contributed by atoms with Gasteiger partial charge in [-0.1, -0.05) is 12.1 Å². The number of hydrogen-bond donors (Lipinski definition) is 1. The topological polar surface area (TPSA) is 69.0 Å². The number of amides is 1. The predicted octanol–water partition coefficient (Wildman–Crippen LogP) is 1.24. The number of hydrogen-bond acceptors (Lipinski definition) is 4. The van der Waals surface area contributed by atoms with Gasteiger partial charge in [0.1, 0.15) is 12.7 Å². The quantitative estimate of drug-likeness (QED) is 0.897. The van der Waals surface area contributed by atoms with Gasteiger partial charge in [0.05, 0.1) is 12.6 Å². The average Bonchev–Trinajstić information content (AvgIpc) is 3.19. The second kappa shape index (κ2) is 6.49. The molecule has 0 bridgehead atoms. The van der Waals surface area contributed by atoms with Gasteiger partial charge in [0, 0.05) is 18.7 Å². The molecule has 1 aromatic heterocycles. The summed E-state index contributed by atoms with van der Waals surface area (Å²) in [5, 5.41) is 6.97. The van der Waals surface area contributed by atoms with E-state index in [1.165, 1.54) is 6.33 Å². The number of ether oxygens (including phenoxy) is 1. The van der Waals surface area contributed by atoms with Gasteiger partial charge in [0.15, 0.2) is 0 Å². The lowest BCUT2D eigenvalue weighted by Crippen LogP contribution is -2.31. The van der Waals surface area contributed by atoms with Crippen molar-refractivity contribution >= 4 is 5.91 Å². The summed E-state index contributed by atoms with van der Waals surface area (Å²) in [5.41, 5.74) is 1.74. The largest absolute Gasteiger partial charge is 0.376 e. The minimum atomic E-state index is -0.0576. The van der Waals surface area contributed by atoms with Gasteiger partial charge in [-0.25, -0.2) is 9.67 Å². The van der Waals surface area contributed by atoms with E-state index in [2.05, 4.69) is 15.4 Å². The number of nitrogens with one attached hydrogen (secondary N) is 1. The Labute approximate surface area is 123 Å². The van der Waals surface area contributed by atoms with Crippen LogP contribution in [0.25, 0.3) is 0 Å². The van der Waals surface area contributed by atoms with Crippen molar-refractivity contribution in [3.8, 4) is 0 Å². The highest BCUT2D eigenvalue weighted by molar-refractivity contribution is 5.94. The average molecular weight is 286 g/mol. The molecule has 6 heteroatoms. The lowest BCUT2D eigenvalue weighted by atomic mass is 10.1. The van der Waals surface area contributed by atoms with E-state index in [1.54, 1.807) is 11.0 Å². The van der Waals surface area contributed by atoms with E-state index in [0.29, 0.717) is 18.7 Å². The van der Waals surface area contributed by atoms with Gasteiger partial charge >= 0.3 is 0 Å². The van der Waals surface area contributed by atoms with Crippen LogP contribution < -0.4 is 5.32 Å². The van der Waals surface area contributed by atoms with Gasteiger partial charge in [0.2, 0.25) is 0 Å². The van der Waals surface area contributed by atoms with E-state index in [1.807, 2.05) is 24.3 Å². The van der Waals surface area contributed by atoms with Crippen molar-refractivity contribution in [3.63, 3.8) is 0 Å². The molecule has 3 rings (SSSR count). The zero-order chi connectivity index (χ0) is 14.5. The highest BCUT2D eigenvalue weighted by atomic mass is 16.5. The molecule has 1 N–H and O–H groups in total. The highest BCUT2D eigenvalue weighted by Crippen LogP contribution is 2.11. The second-order valence-electron chi connectivity index (χ2n) is 5.14. The van der Waals surface area contributed by atoms with Crippen LogP contribution in [0.15, 0.2) is 36.9 Å². The van der Waals surface area contributed by atoms with Gasteiger partial charge < -0.3 is 10.1 Å². The number of carbonyl (C=O) groups is 1. The summed E-state index contributed by atoms with van der Waals surface area (Å²) in [6.07, 6.45) is 5.45. The molecule has 1 aliphatic heterocycles. The Morgan fingerprint density at radius 1 is 1.38 bits per heavy atom.